The van der Waals surface area contributed by atoms with Crippen molar-refractivity contribution in [3.05, 3.63) is 68.5 Å². The molecule has 1 aromatic carbocycles. The van der Waals surface area contributed by atoms with E-state index >= 15 is 0 Å². The number of hydrogen-bond acceptors (Lipinski definition) is 7. The monoisotopic (exact) mass is 402 g/mol. The van der Waals surface area contributed by atoms with E-state index in [2.05, 4.69) is 4.98 Å². The van der Waals surface area contributed by atoms with E-state index in [4.69, 9.17) is 18.9 Å². The van der Waals surface area contributed by atoms with Crippen molar-refractivity contribution in [2.75, 3.05) is 6.61 Å². The number of hydrogen-bond donors (Lipinski definition) is 1. The highest BCUT2D eigenvalue weighted by atomic mass is 16.8. The topological polar surface area (TPSA) is 109 Å². The van der Waals surface area contributed by atoms with Crippen LogP contribution in [0.1, 0.15) is 36.0 Å². The summed E-state index contributed by atoms with van der Waals surface area (Å²) >= 11 is 0. The van der Waals surface area contributed by atoms with Crippen molar-refractivity contribution in [3.63, 3.8) is 0 Å². The Morgan fingerprint density at radius 1 is 1.17 bits per heavy atom. The van der Waals surface area contributed by atoms with Gasteiger partial charge in [0.2, 0.25) is 0 Å². The van der Waals surface area contributed by atoms with Crippen molar-refractivity contribution >= 4 is 5.97 Å². The summed E-state index contributed by atoms with van der Waals surface area (Å²) in [5, 5.41) is 0. The number of nitrogens with one attached hydrogen (secondary N) is 1. The van der Waals surface area contributed by atoms with Gasteiger partial charge in [-0.3, -0.25) is 14.3 Å². The number of ether oxygens (including phenoxy) is 4. The van der Waals surface area contributed by atoms with Crippen molar-refractivity contribution in [1.82, 2.24) is 9.55 Å². The number of aromatic amines is 1. The predicted molar refractivity (Wildman–Crippen MR) is 101 cm³/mol. The van der Waals surface area contributed by atoms with E-state index in [1.807, 2.05) is 6.07 Å². The Morgan fingerprint density at radius 3 is 2.59 bits per heavy atom. The van der Waals surface area contributed by atoms with Gasteiger partial charge in [0.15, 0.2) is 12.0 Å². The maximum absolute atomic E-state index is 12.3. The van der Waals surface area contributed by atoms with E-state index in [0.29, 0.717) is 11.1 Å². The van der Waals surface area contributed by atoms with Crippen LogP contribution in [0.5, 0.6) is 0 Å². The van der Waals surface area contributed by atoms with Crippen LogP contribution in [0.4, 0.5) is 0 Å². The maximum Gasteiger partial charge on any atom is 0.338 e. The van der Waals surface area contributed by atoms with Crippen molar-refractivity contribution in [2.24, 2.45) is 0 Å². The lowest BCUT2D eigenvalue weighted by Crippen LogP contribution is -2.38. The molecule has 2 aliphatic heterocycles. The Morgan fingerprint density at radius 2 is 1.86 bits per heavy atom. The van der Waals surface area contributed by atoms with Crippen LogP contribution in [0, 0.1) is 6.92 Å². The van der Waals surface area contributed by atoms with Gasteiger partial charge in [-0.15, -0.1) is 0 Å². The van der Waals surface area contributed by atoms with Gasteiger partial charge >= 0.3 is 11.7 Å². The molecule has 3 heterocycles. The summed E-state index contributed by atoms with van der Waals surface area (Å²) in [6.07, 6.45) is -1.19. The molecule has 0 aliphatic carbocycles. The summed E-state index contributed by atoms with van der Waals surface area (Å²) in [7, 11) is 0. The minimum Gasteiger partial charge on any atom is -0.459 e. The predicted octanol–water partition coefficient (Wildman–Crippen LogP) is 1.12. The molecule has 0 radical (unpaired) electrons. The van der Waals surface area contributed by atoms with E-state index in [1.165, 1.54) is 10.8 Å². The standard InChI is InChI=1S/C20H22N2O7/c1-11-9-22(19(25)21-16(11)23)17-15-14(28-20(2,3)29-15)13(27-17)10-26-18(24)12-7-5-4-6-8-12/h4-9,13-15,17H,10H2,1-3H3,(H,21,23,25). The van der Waals surface area contributed by atoms with E-state index in [1.54, 1.807) is 45.0 Å². The molecule has 0 spiro atoms. The maximum atomic E-state index is 12.3. The first kappa shape index (κ1) is 19.6. The van der Waals surface area contributed by atoms with Gasteiger partial charge in [-0.2, -0.15) is 0 Å². The van der Waals surface area contributed by atoms with Gasteiger partial charge in [0.05, 0.1) is 5.56 Å². The summed E-state index contributed by atoms with van der Waals surface area (Å²) < 4.78 is 24.6. The van der Waals surface area contributed by atoms with Gasteiger partial charge in [0, 0.05) is 11.8 Å². The lowest BCUT2D eigenvalue weighted by Gasteiger charge is -2.25. The van der Waals surface area contributed by atoms with Crippen LogP contribution in [-0.2, 0) is 18.9 Å². The fourth-order valence-corrected chi connectivity index (χ4v) is 3.61. The Hall–Kier alpha value is -2.75. The fraction of sp³-hybridized carbons (Fsp3) is 0.450. The van der Waals surface area contributed by atoms with Gasteiger partial charge in [0.25, 0.3) is 5.56 Å². The lowest BCUT2D eigenvalue weighted by molar-refractivity contribution is -0.200. The number of benzene rings is 1. The lowest BCUT2D eigenvalue weighted by atomic mass is 10.1. The number of nitrogens with zero attached hydrogens (tertiary/aromatic N) is 1. The first-order chi connectivity index (χ1) is 13.7. The minimum absolute atomic E-state index is 0.0675. The van der Waals surface area contributed by atoms with Crippen LogP contribution in [-0.4, -0.2) is 46.2 Å². The first-order valence-electron chi connectivity index (χ1n) is 9.30. The minimum atomic E-state index is -0.889. The number of aromatic nitrogens is 2. The Bertz CT molecular complexity index is 1030. The molecular weight excluding hydrogens is 380 g/mol. The molecule has 1 aromatic heterocycles. The fourth-order valence-electron chi connectivity index (χ4n) is 3.61. The van der Waals surface area contributed by atoms with Crippen molar-refractivity contribution in [3.8, 4) is 0 Å². The molecule has 2 saturated heterocycles. The average Bonchev–Trinajstić information content (AvgIpc) is 3.16. The molecule has 4 rings (SSSR count). The Labute approximate surface area is 166 Å². The van der Waals surface area contributed by atoms with E-state index in [9.17, 15) is 14.4 Å². The molecular formula is C20H22N2O7. The van der Waals surface area contributed by atoms with E-state index in [0.717, 1.165) is 0 Å². The molecule has 4 unspecified atom stereocenters. The zero-order chi connectivity index (χ0) is 20.8. The molecule has 4 atom stereocenters. The number of rotatable bonds is 4. The van der Waals surface area contributed by atoms with Gasteiger partial charge in [-0.25, -0.2) is 9.59 Å². The van der Waals surface area contributed by atoms with Gasteiger partial charge in [-0.1, -0.05) is 18.2 Å². The third kappa shape index (κ3) is 3.76. The van der Waals surface area contributed by atoms with Gasteiger partial charge in [-0.05, 0) is 32.9 Å². The third-order valence-corrected chi connectivity index (χ3v) is 4.93. The second-order valence-electron chi connectivity index (χ2n) is 7.57. The number of aryl methyl sites for hydroxylation is 1. The second-order valence-corrected chi connectivity index (χ2v) is 7.57. The molecule has 2 fully saturated rings. The summed E-state index contributed by atoms with van der Waals surface area (Å²) in [5.41, 5.74) is -0.283. The van der Waals surface area contributed by atoms with Crippen LogP contribution in [0.25, 0.3) is 0 Å². The number of fused-ring (bicyclic) bond motifs is 1. The van der Waals surface area contributed by atoms with Crippen LogP contribution in [0.3, 0.4) is 0 Å². The van der Waals surface area contributed by atoms with Crippen LogP contribution >= 0.6 is 0 Å². The smallest absolute Gasteiger partial charge is 0.338 e. The molecule has 0 amide bonds. The highest BCUT2D eigenvalue weighted by molar-refractivity contribution is 5.89. The van der Waals surface area contributed by atoms with E-state index < -0.39 is 47.5 Å². The second kappa shape index (κ2) is 7.25. The van der Waals surface area contributed by atoms with E-state index in [-0.39, 0.29) is 6.61 Å². The quantitative estimate of drug-likeness (QED) is 0.764. The molecule has 0 saturated carbocycles. The highest BCUT2D eigenvalue weighted by Gasteiger charge is 2.56. The molecule has 1 N–H and O–H groups in total. The SMILES string of the molecule is Cc1cn(C2OC(COC(=O)c3ccccc3)C3OC(C)(C)OC32)c(=O)[nH]c1=O. The van der Waals surface area contributed by atoms with Crippen LogP contribution < -0.4 is 11.2 Å². The Kier molecular flexibility index (Phi) is 4.89. The first-order valence-corrected chi connectivity index (χ1v) is 9.30. The number of esters is 1. The summed E-state index contributed by atoms with van der Waals surface area (Å²) in [6, 6.07) is 8.61. The number of carbonyl (C=O) groups excluding carboxylic acids is 1. The molecule has 154 valence electrons. The van der Waals surface area contributed by atoms with Gasteiger partial charge < -0.3 is 18.9 Å². The molecule has 2 aliphatic rings. The largest absolute Gasteiger partial charge is 0.459 e. The molecule has 29 heavy (non-hydrogen) atoms. The van der Waals surface area contributed by atoms with Crippen molar-refractivity contribution < 1.29 is 23.7 Å². The summed E-state index contributed by atoms with van der Waals surface area (Å²) in [5.74, 6) is -1.37. The highest BCUT2D eigenvalue weighted by Crippen LogP contribution is 2.42. The molecule has 2 aromatic rings. The normalized spacial score (nSPS) is 27.6. The molecule has 0 bridgehead atoms. The van der Waals surface area contributed by atoms with Crippen molar-refractivity contribution in [2.45, 2.75) is 51.1 Å². The number of carbonyl (C=O) groups is 1. The summed E-state index contributed by atoms with van der Waals surface area (Å²) in [4.78, 5) is 38.5. The molecule has 9 nitrogen and oxygen atoms in total. The average molecular weight is 402 g/mol. The zero-order valence-electron chi connectivity index (χ0n) is 16.3. The van der Waals surface area contributed by atoms with Gasteiger partial charge in [0.1, 0.15) is 24.9 Å². The number of H-pyrrole nitrogens is 1. The Balaban J connectivity index is 1.57. The van der Waals surface area contributed by atoms with Crippen LogP contribution in [0.2, 0.25) is 0 Å². The third-order valence-electron chi connectivity index (χ3n) is 4.93. The molecule has 9 heteroatoms. The zero-order valence-corrected chi connectivity index (χ0v) is 16.3. The summed E-state index contributed by atoms with van der Waals surface area (Å²) in [6.45, 7) is 5.05. The van der Waals surface area contributed by atoms with Crippen LogP contribution in [0.15, 0.2) is 46.1 Å². The van der Waals surface area contributed by atoms with Crippen molar-refractivity contribution in [1.29, 1.82) is 0 Å².